The molecule has 0 aliphatic rings. The molecule has 0 N–H and O–H groups in total. The van der Waals surface area contributed by atoms with Crippen LogP contribution >= 0.6 is 0 Å². The molecule has 0 aliphatic carbocycles. The molecule has 0 heterocycles. The van der Waals surface area contributed by atoms with Crippen molar-refractivity contribution in [3.63, 3.8) is 0 Å². The lowest BCUT2D eigenvalue weighted by molar-refractivity contribution is 0.0676. The van der Waals surface area contributed by atoms with Crippen molar-refractivity contribution in [1.82, 2.24) is 4.90 Å². The molecular formula is C13H27NO2. The number of amides is 1. The Morgan fingerprint density at radius 1 is 1.12 bits per heavy atom. The van der Waals surface area contributed by atoms with Crippen molar-refractivity contribution in [1.29, 1.82) is 0 Å². The highest BCUT2D eigenvalue weighted by atomic mass is 16.6. The van der Waals surface area contributed by atoms with Gasteiger partial charge in [-0.3, -0.25) is 0 Å². The average Bonchev–Trinajstić information content (AvgIpc) is 2.28. The maximum atomic E-state index is 11.8. The largest absolute Gasteiger partial charge is 0.446 e. The molecule has 0 spiro atoms. The van der Waals surface area contributed by atoms with Crippen molar-refractivity contribution in [2.45, 2.75) is 65.9 Å². The van der Waals surface area contributed by atoms with E-state index in [-0.39, 0.29) is 12.2 Å². The van der Waals surface area contributed by atoms with E-state index in [2.05, 4.69) is 13.8 Å². The van der Waals surface area contributed by atoms with Crippen LogP contribution in [0.2, 0.25) is 0 Å². The van der Waals surface area contributed by atoms with Gasteiger partial charge in [0.05, 0.1) is 0 Å². The number of carbonyl (C=O) groups is 1. The summed E-state index contributed by atoms with van der Waals surface area (Å²) in [7, 11) is 0. The molecule has 16 heavy (non-hydrogen) atoms. The number of carbonyl (C=O) groups excluding carboxylic acids is 1. The molecule has 0 saturated heterocycles. The van der Waals surface area contributed by atoms with Crippen LogP contribution in [0, 0.1) is 0 Å². The smallest absolute Gasteiger partial charge is 0.410 e. The summed E-state index contributed by atoms with van der Waals surface area (Å²) in [6.45, 7) is 9.89. The predicted molar refractivity (Wildman–Crippen MR) is 67.6 cm³/mol. The molecular weight excluding hydrogens is 202 g/mol. The van der Waals surface area contributed by atoms with E-state index < -0.39 is 0 Å². The summed E-state index contributed by atoms with van der Waals surface area (Å²) in [5.41, 5.74) is 0. The van der Waals surface area contributed by atoms with Crippen molar-refractivity contribution in [2.24, 2.45) is 0 Å². The van der Waals surface area contributed by atoms with Gasteiger partial charge in [-0.25, -0.2) is 4.79 Å². The summed E-state index contributed by atoms with van der Waals surface area (Å²) in [6.07, 6.45) is 5.09. The van der Waals surface area contributed by atoms with Gasteiger partial charge in [0.1, 0.15) is 6.10 Å². The van der Waals surface area contributed by atoms with Gasteiger partial charge in [-0.05, 0) is 26.2 Å². The molecule has 0 aliphatic heterocycles. The number of hydrogen-bond acceptors (Lipinski definition) is 2. The second-order valence-corrected chi connectivity index (χ2v) is 4.30. The zero-order valence-corrected chi connectivity index (χ0v) is 11.3. The monoisotopic (exact) mass is 229 g/mol. The van der Waals surface area contributed by atoms with Crippen LogP contribution in [0.3, 0.4) is 0 Å². The van der Waals surface area contributed by atoms with Gasteiger partial charge in [0.2, 0.25) is 0 Å². The Kier molecular flexibility index (Phi) is 9.06. The fourth-order valence-electron chi connectivity index (χ4n) is 1.32. The Balaban J connectivity index is 4.08. The summed E-state index contributed by atoms with van der Waals surface area (Å²) in [5, 5.41) is 0. The number of unbranched alkanes of at least 4 members (excludes halogenated alkanes) is 2. The first kappa shape index (κ1) is 15.3. The molecule has 0 bridgehead atoms. The lowest BCUT2D eigenvalue weighted by Crippen LogP contribution is -2.35. The molecule has 0 aromatic carbocycles. The van der Waals surface area contributed by atoms with E-state index in [1.54, 1.807) is 0 Å². The third kappa shape index (κ3) is 6.70. The van der Waals surface area contributed by atoms with Gasteiger partial charge in [-0.1, -0.05) is 33.6 Å². The number of ether oxygens (including phenoxy) is 1. The van der Waals surface area contributed by atoms with Gasteiger partial charge < -0.3 is 9.64 Å². The van der Waals surface area contributed by atoms with Crippen molar-refractivity contribution >= 4 is 6.09 Å². The van der Waals surface area contributed by atoms with Crippen molar-refractivity contribution in [3.05, 3.63) is 0 Å². The highest BCUT2D eigenvalue weighted by Gasteiger charge is 2.15. The Bertz CT molecular complexity index is 175. The summed E-state index contributed by atoms with van der Waals surface area (Å²) < 4.78 is 5.34. The number of nitrogens with zero attached hydrogens (tertiary/aromatic N) is 1. The maximum absolute atomic E-state index is 11.8. The van der Waals surface area contributed by atoms with Crippen LogP contribution in [0.15, 0.2) is 0 Å². The molecule has 3 heteroatoms. The van der Waals surface area contributed by atoms with Crippen LogP contribution in [0.1, 0.15) is 59.8 Å². The summed E-state index contributed by atoms with van der Waals surface area (Å²) >= 11 is 0. The summed E-state index contributed by atoms with van der Waals surface area (Å²) in [5.74, 6) is 0. The third-order valence-electron chi connectivity index (χ3n) is 2.70. The minimum Gasteiger partial charge on any atom is -0.446 e. The molecule has 0 aromatic rings. The molecule has 96 valence electrons. The fraction of sp³-hybridized carbons (Fsp3) is 0.923. The summed E-state index contributed by atoms with van der Waals surface area (Å²) in [4.78, 5) is 13.7. The van der Waals surface area contributed by atoms with Gasteiger partial charge in [0, 0.05) is 13.1 Å². The van der Waals surface area contributed by atoms with E-state index in [0.29, 0.717) is 0 Å². The van der Waals surface area contributed by atoms with E-state index in [1.165, 1.54) is 0 Å². The first-order valence-corrected chi connectivity index (χ1v) is 6.61. The fourth-order valence-corrected chi connectivity index (χ4v) is 1.32. The molecule has 0 rings (SSSR count). The van der Waals surface area contributed by atoms with Crippen molar-refractivity contribution in [3.8, 4) is 0 Å². The van der Waals surface area contributed by atoms with E-state index in [9.17, 15) is 4.79 Å². The van der Waals surface area contributed by atoms with Gasteiger partial charge >= 0.3 is 6.09 Å². The van der Waals surface area contributed by atoms with Crippen LogP contribution in [0.25, 0.3) is 0 Å². The predicted octanol–water partition coefficient (Wildman–Crippen LogP) is 3.82. The third-order valence-corrected chi connectivity index (χ3v) is 2.70. The van der Waals surface area contributed by atoms with E-state index in [1.807, 2.05) is 18.7 Å². The summed E-state index contributed by atoms with van der Waals surface area (Å²) in [6, 6.07) is 0. The molecule has 1 atom stereocenters. The number of hydrogen-bond donors (Lipinski definition) is 0. The second kappa shape index (κ2) is 9.49. The Hall–Kier alpha value is -0.730. The van der Waals surface area contributed by atoms with Crippen molar-refractivity contribution in [2.75, 3.05) is 13.1 Å². The lowest BCUT2D eigenvalue weighted by atomic mass is 10.3. The minimum atomic E-state index is -0.142. The molecule has 0 saturated carbocycles. The second-order valence-electron chi connectivity index (χ2n) is 4.30. The van der Waals surface area contributed by atoms with Crippen LogP contribution in [0.4, 0.5) is 4.79 Å². The van der Waals surface area contributed by atoms with Crippen molar-refractivity contribution < 1.29 is 9.53 Å². The van der Waals surface area contributed by atoms with Crippen LogP contribution in [-0.4, -0.2) is 30.2 Å². The van der Waals surface area contributed by atoms with Crippen LogP contribution in [0.5, 0.6) is 0 Å². The van der Waals surface area contributed by atoms with Gasteiger partial charge in [0.25, 0.3) is 0 Å². The maximum Gasteiger partial charge on any atom is 0.410 e. The van der Waals surface area contributed by atoms with Gasteiger partial charge in [0.15, 0.2) is 0 Å². The van der Waals surface area contributed by atoms with E-state index in [4.69, 9.17) is 4.74 Å². The minimum absolute atomic E-state index is 0.0262. The highest BCUT2D eigenvalue weighted by molar-refractivity contribution is 5.67. The SMILES string of the molecule is CCCCN(CCCC)C(=O)OC(C)CC. The molecule has 0 aromatic heterocycles. The zero-order chi connectivity index (χ0) is 12.4. The first-order valence-electron chi connectivity index (χ1n) is 6.61. The molecule has 1 unspecified atom stereocenters. The average molecular weight is 229 g/mol. The Labute approximate surface area is 100 Å². The molecule has 3 nitrogen and oxygen atoms in total. The van der Waals surface area contributed by atoms with E-state index >= 15 is 0 Å². The molecule has 0 fully saturated rings. The first-order chi connectivity index (χ1) is 7.65. The van der Waals surface area contributed by atoms with Gasteiger partial charge in [-0.2, -0.15) is 0 Å². The standard InChI is InChI=1S/C13H27NO2/c1-5-8-10-14(11-9-6-2)13(15)16-12(4)7-3/h12H,5-11H2,1-4H3. The van der Waals surface area contributed by atoms with Gasteiger partial charge in [-0.15, -0.1) is 0 Å². The Morgan fingerprint density at radius 3 is 2.00 bits per heavy atom. The van der Waals surface area contributed by atoms with E-state index in [0.717, 1.165) is 45.2 Å². The number of rotatable bonds is 8. The Morgan fingerprint density at radius 2 is 1.62 bits per heavy atom. The lowest BCUT2D eigenvalue weighted by Gasteiger charge is -2.23. The topological polar surface area (TPSA) is 29.5 Å². The quantitative estimate of drug-likeness (QED) is 0.633. The molecule has 1 amide bonds. The molecule has 0 radical (unpaired) electrons. The normalized spacial score (nSPS) is 12.2. The van der Waals surface area contributed by atoms with Crippen LogP contribution < -0.4 is 0 Å². The van der Waals surface area contributed by atoms with Crippen LogP contribution in [-0.2, 0) is 4.74 Å². The zero-order valence-electron chi connectivity index (χ0n) is 11.3. The highest BCUT2D eigenvalue weighted by Crippen LogP contribution is 2.05.